The Hall–Kier alpha value is -3.97. The fourth-order valence-corrected chi connectivity index (χ4v) is 8.92. The summed E-state index contributed by atoms with van der Waals surface area (Å²) in [5.74, 6) is 0. The predicted octanol–water partition coefficient (Wildman–Crippen LogP) is 8.16. The maximum atomic E-state index is 14.2. The van der Waals surface area contributed by atoms with E-state index in [-0.39, 0.29) is 33.7 Å². The lowest BCUT2D eigenvalue weighted by molar-refractivity contribution is 0.155. The molecular weight excluding hydrogens is 653 g/mol. The van der Waals surface area contributed by atoms with Crippen molar-refractivity contribution >= 4 is 45.8 Å². The molecule has 0 spiro atoms. The minimum Gasteiger partial charge on any atom is -0.444 e. The molecule has 1 amide bonds. The molecule has 0 fully saturated rings. The quantitative estimate of drug-likeness (QED) is 0.157. The van der Waals surface area contributed by atoms with Crippen LogP contribution in [0.5, 0.6) is 0 Å². The number of ether oxygens (including phenoxy) is 1. The van der Waals surface area contributed by atoms with Crippen LogP contribution in [0.25, 0.3) is 0 Å². The Bertz CT molecular complexity index is 1850. The summed E-state index contributed by atoms with van der Waals surface area (Å²) in [6.07, 6.45) is -0.730. The van der Waals surface area contributed by atoms with Crippen LogP contribution in [0.1, 0.15) is 43.0 Å². The van der Waals surface area contributed by atoms with Gasteiger partial charge in [-0.1, -0.05) is 86.5 Å². The maximum Gasteiger partial charge on any atom is 0.411 e. The lowest BCUT2D eigenvalue weighted by Crippen LogP contribution is -2.40. The van der Waals surface area contributed by atoms with E-state index in [4.69, 9.17) is 9.16 Å². The van der Waals surface area contributed by atoms with Gasteiger partial charge in [-0.25, -0.2) is 21.6 Å². The van der Waals surface area contributed by atoms with E-state index in [2.05, 4.69) is 39.2 Å². The number of hydrogen-bond acceptors (Lipinski definition) is 7. The summed E-state index contributed by atoms with van der Waals surface area (Å²) in [6.45, 7) is 14.0. The van der Waals surface area contributed by atoms with Crippen molar-refractivity contribution < 1.29 is 30.8 Å². The number of amides is 1. The van der Waals surface area contributed by atoms with Gasteiger partial charge in [0.15, 0.2) is 8.32 Å². The molecule has 4 aromatic carbocycles. The molecule has 0 atom stereocenters. The molecule has 47 heavy (non-hydrogen) atoms. The van der Waals surface area contributed by atoms with E-state index in [0.717, 1.165) is 16.7 Å². The third-order valence-electron chi connectivity index (χ3n) is 8.22. The largest absolute Gasteiger partial charge is 0.444 e. The van der Waals surface area contributed by atoms with Crippen LogP contribution >= 0.6 is 0 Å². The molecule has 0 heterocycles. The molecule has 250 valence electrons. The molecule has 0 unspecified atom stereocenters. The van der Waals surface area contributed by atoms with Crippen molar-refractivity contribution in [1.82, 2.24) is 0 Å². The second-order valence-electron chi connectivity index (χ2n) is 12.9. The molecule has 9 nitrogen and oxygen atoms in total. The number of carbonyl (C=O) groups excluding carboxylic acids is 1. The Morgan fingerprint density at radius 2 is 1.26 bits per heavy atom. The van der Waals surface area contributed by atoms with Crippen molar-refractivity contribution in [1.29, 1.82) is 0 Å². The second kappa shape index (κ2) is 14.0. The Morgan fingerprint density at radius 1 is 0.745 bits per heavy atom. The minimum atomic E-state index is -4.64. The zero-order valence-corrected chi connectivity index (χ0v) is 30.4. The third-order valence-corrected chi connectivity index (χ3v) is 16.9. The van der Waals surface area contributed by atoms with Gasteiger partial charge in [-0.3, -0.25) is 5.32 Å². The maximum absolute atomic E-state index is 14.2. The van der Waals surface area contributed by atoms with E-state index >= 15 is 0 Å². The Labute approximate surface area is 279 Å². The van der Waals surface area contributed by atoms with Crippen LogP contribution in [0, 0.1) is 13.8 Å². The van der Waals surface area contributed by atoms with Crippen LogP contribution in [-0.2, 0) is 42.4 Å². The summed E-state index contributed by atoms with van der Waals surface area (Å²) < 4.78 is 69.2. The van der Waals surface area contributed by atoms with Gasteiger partial charge in [0.2, 0.25) is 0 Å². The molecule has 0 aliphatic heterocycles. The first-order valence-corrected chi connectivity index (χ1v) is 20.9. The number of sulfonamides is 2. The van der Waals surface area contributed by atoms with E-state index < -0.39 is 34.5 Å². The molecule has 12 heteroatoms. The molecule has 1 N–H and O–H groups in total. The Balaban J connectivity index is 1.82. The molecule has 0 radical (unpaired) electrons. The van der Waals surface area contributed by atoms with Crippen LogP contribution in [-0.4, -0.2) is 31.2 Å². The highest BCUT2D eigenvalue weighted by atomic mass is 32.3. The summed E-state index contributed by atoms with van der Waals surface area (Å²) in [6, 6.07) is 25.4. The molecule has 0 saturated heterocycles. The van der Waals surface area contributed by atoms with Crippen molar-refractivity contribution in [3.63, 3.8) is 0 Å². The van der Waals surface area contributed by atoms with Gasteiger partial charge in [0, 0.05) is 11.3 Å². The normalized spacial score (nSPS) is 12.4. The fraction of sp³-hybridized carbons (Fsp3) is 0.286. The first-order chi connectivity index (χ1) is 21.9. The highest BCUT2D eigenvalue weighted by Crippen LogP contribution is 2.39. The van der Waals surface area contributed by atoms with E-state index in [1.165, 1.54) is 42.5 Å². The number of benzene rings is 4. The zero-order chi connectivity index (χ0) is 34.6. The van der Waals surface area contributed by atoms with Gasteiger partial charge in [-0.15, -0.1) is 0 Å². The average molecular weight is 695 g/mol. The minimum absolute atomic E-state index is 0.0123. The number of anilines is 2. The number of hydrogen-bond donors (Lipinski definition) is 1. The summed E-state index contributed by atoms with van der Waals surface area (Å²) in [4.78, 5) is 12.5. The average Bonchev–Trinajstić information content (AvgIpc) is 3.00. The summed E-state index contributed by atoms with van der Waals surface area (Å²) in [7, 11) is -11.6. The SMILES string of the molecule is Cc1ccc(S(=O)(=O)N(c2ccc(NC(=O)OCc3ccccc3)c(CO[Si](C)(C)C(C)(C)C)c2)S(=O)(=O)c2ccc(C)cc2)cc1. The molecule has 0 aliphatic rings. The zero-order valence-electron chi connectivity index (χ0n) is 27.8. The van der Waals surface area contributed by atoms with Gasteiger partial charge < -0.3 is 9.16 Å². The summed E-state index contributed by atoms with van der Waals surface area (Å²) in [5, 5.41) is 2.58. The second-order valence-corrected chi connectivity index (χ2v) is 21.5. The number of nitrogens with zero attached hydrogens (tertiary/aromatic N) is 1. The number of carbonyl (C=O) groups is 1. The molecule has 0 aromatic heterocycles. The molecule has 4 rings (SSSR count). The summed E-state index contributed by atoms with van der Waals surface area (Å²) >= 11 is 0. The number of rotatable bonds is 11. The van der Waals surface area contributed by atoms with Crippen LogP contribution in [0.3, 0.4) is 0 Å². The van der Waals surface area contributed by atoms with Crippen LogP contribution in [0.15, 0.2) is 107 Å². The van der Waals surface area contributed by atoms with Gasteiger partial charge in [0.05, 0.1) is 22.1 Å². The van der Waals surface area contributed by atoms with Crippen molar-refractivity contribution in [2.75, 3.05) is 9.03 Å². The van der Waals surface area contributed by atoms with Crippen molar-refractivity contribution in [2.24, 2.45) is 0 Å². The predicted molar refractivity (Wildman–Crippen MR) is 188 cm³/mol. The Kier molecular flexibility index (Phi) is 10.7. The van der Waals surface area contributed by atoms with E-state index in [9.17, 15) is 21.6 Å². The lowest BCUT2D eigenvalue weighted by Gasteiger charge is -2.36. The third kappa shape index (κ3) is 8.50. The van der Waals surface area contributed by atoms with E-state index in [1.54, 1.807) is 24.3 Å². The van der Waals surface area contributed by atoms with Crippen molar-refractivity contribution in [3.05, 3.63) is 119 Å². The molecule has 0 aliphatic carbocycles. The lowest BCUT2D eigenvalue weighted by atomic mass is 10.1. The first kappa shape index (κ1) is 35.9. The topological polar surface area (TPSA) is 119 Å². The van der Waals surface area contributed by atoms with Crippen LogP contribution in [0.2, 0.25) is 18.1 Å². The van der Waals surface area contributed by atoms with Gasteiger partial charge in [-0.05, 0) is 80.0 Å². The number of aryl methyl sites for hydroxylation is 2. The van der Waals surface area contributed by atoms with Crippen molar-refractivity contribution in [2.45, 2.75) is 75.8 Å². The van der Waals surface area contributed by atoms with Crippen LogP contribution < -0.4 is 9.03 Å². The van der Waals surface area contributed by atoms with Gasteiger partial charge >= 0.3 is 6.09 Å². The first-order valence-electron chi connectivity index (χ1n) is 15.1. The standard InChI is InChI=1S/C35H42N2O7S2Si/c1-26-13-18-31(19-14-26)45(39,40)37(46(41,42)32-20-15-27(2)16-21-32)30-17-22-33(29(23-30)25-44-47(6,7)35(3,4)5)36-34(38)43-24-28-11-9-8-10-12-28/h8-23H,24-25H2,1-7H3,(H,36,38). The van der Waals surface area contributed by atoms with Gasteiger partial charge in [0.25, 0.3) is 20.0 Å². The van der Waals surface area contributed by atoms with Gasteiger partial charge in [-0.2, -0.15) is 3.71 Å². The smallest absolute Gasteiger partial charge is 0.411 e. The molecule has 4 aromatic rings. The molecule has 0 bridgehead atoms. The highest BCUT2D eigenvalue weighted by molar-refractivity contribution is 8.10. The summed E-state index contributed by atoms with van der Waals surface area (Å²) in [5.41, 5.74) is 2.98. The fourth-order valence-electron chi connectivity index (χ4n) is 4.30. The molecular formula is C35H42N2O7S2Si. The van der Waals surface area contributed by atoms with E-state index in [0.29, 0.717) is 15.0 Å². The Morgan fingerprint density at radius 3 is 1.74 bits per heavy atom. The van der Waals surface area contributed by atoms with Gasteiger partial charge in [0.1, 0.15) is 6.61 Å². The van der Waals surface area contributed by atoms with E-state index in [1.807, 2.05) is 44.2 Å². The van der Waals surface area contributed by atoms with Crippen molar-refractivity contribution in [3.8, 4) is 0 Å². The monoisotopic (exact) mass is 694 g/mol. The van der Waals surface area contributed by atoms with Crippen LogP contribution in [0.4, 0.5) is 16.2 Å². The molecule has 0 saturated carbocycles. The number of nitrogens with one attached hydrogen (secondary N) is 1. The highest BCUT2D eigenvalue weighted by Gasteiger charge is 2.39.